The highest BCUT2D eigenvalue weighted by atomic mass is 16.5. The van der Waals surface area contributed by atoms with Crippen molar-refractivity contribution in [2.75, 3.05) is 13.2 Å². The molecule has 0 unspecified atom stereocenters. The van der Waals surface area contributed by atoms with Crippen molar-refractivity contribution >= 4 is 0 Å². The van der Waals surface area contributed by atoms with Crippen molar-refractivity contribution in [3.8, 4) is 0 Å². The van der Waals surface area contributed by atoms with Crippen LogP contribution in [0.3, 0.4) is 0 Å². The first-order valence-corrected chi connectivity index (χ1v) is 3.48. The number of nitrogens with two attached hydrogens (primary N) is 1. The fourth-order valence-electron chi connectivity index (χ4n) is 1.31. The van der Waals surface area contributed by atoms with Crippen molar-refractivity contribution < 1.29 is 4.74 Å². The van der Waals surface area contributed by atoms with Gasteiger partial charge in [-0.05, 0) is 32.7 Å². The first kappa shape index (κ1) is 7.03. The summed E-state index contributed by atoms with van der Waals surface area (Å²) in [5.41, 5.74) is 5.56. The van der Waals surface area contributed by atoms with E-state index in [1.807, 2.05) is 0 Å². The molecule has 0 bridgehead atoms. The number of hydrogen-bond acceptors (Lipinski definition) is 2. The zero-order valence-corrected chi connectivity index (χ0v) is 6.18. The smallest absolute Gasteiger partial charge is 0.0630 e. The lowest BCUT2D eigenvalue weighted by Gasteiger charge is -2.15. The molecule has 1 atom stereocenters. The molecule has 0 spiro atoms. The lowest BCUT2D eigenvalue weighted by Crippen LogP contribution is -2.18. The molecule has 0 amide bonds. The highest BCUT2D eigenvalue weighted by Crippen LogP contribution is 2.27. The van der Waals surface area contributed by atoms with Crippen LogP contribution in [0.4, 0.5) is 0 Å². The SMILES string of the molecule is CC1(C)C[C@@H](CN)CO1. The summed E-state index contributed by atoms with van der Waals surface area (Å²) in [6, 6.07) is 0. The van der Waals surface area contributed by atoms with Gasteiger partial charge in [0.25, 0.3) is 0 Å². The van der Waals surface area contributed by atoms with Gasteiger partial charge in [-0.3, -0.25) is 0 Å². The zero-order chi connectivity index (χ0) is 6.91. The summed E-state index contributed by atoms with van der Waals surface area (Å²) in [6.45, 7) is 5.85. The molecule has 2 heteroatoms. The average molecular weight is 129 g/mol. The first-order valence-electron chi connectivity index (χ1n) is 3.48. The Hall–Kier alpha value is -0.0800. The molecule has 2 nitrogen and oxygen atoms in total. The molecular formula is C7H15NO. The predicted octanol–water partition coefficient (Wildman–Crippen LogP) is 0.760. The largest absolute Gasteiger partial charge is 0.375 e. The minimum atomic E-state index is 0.0873. The summed E-state index contributed by atoms with van der Waals surface area (Å²) < 4.78 is 5.46. The van der Waals surface area contributed by atoms with Gasteiger partial charge in [0, 0.05) is 0 Å². The number of ether oxygens (including phenoxy) is 1. The van der Waals surface area contributed by atoms with Crippen molar-refractivity contribution in [2.45, 2.75) is 25.9 Å². The van der Waals surface area contributed by atoms with Gasteiger partial charge in [0.05, 0.1) is 12.2 Å². The van der Waals surface area contributed by atoms with Crippen LogP contribution in [0.2, 0.25) is 0 Å². The second kappa shape index (κ2) is 2.27. The van der Waals surface area contributed by atoms with Crippen molar-refractivity contribution in [1.82, 2.24) is 0 Å². The van der Waals surface area contributed by atoms with E-state index in [2.05, 4.69) is 13.8 Å². The first-order chi connectivity index (χ1) is 4.14. The summed E-state index contributed by atoms with van der Waals surface area (Å²) in [7, 11) is 0. The molecule has 1 fully saturated rings. The molecule has 0 aliphatic carbocycles. The van der Waals surface area contributed by atoms with Gasteiger partial charge in [0.15, 0.2) is 0 Å². The average Bonchev–Trinajstić information content (AvgIpc) is 2.10. The summed E-state index contributed by atoms with van der Waals surface area (Å²) >= 11 is 0. The fourth-order valence-corrected chi connectivity index (χ4v) is 1.31. The second-order valence-electron chi connectivity index (χ2n) is 3.38. The molecule has 0 saturated carbocycles. The molecule has 9 heavy (non-hydrogen) atoms. The minimum Gasteiger partial charge on any atom is -0.375 e. The molecule has 1 aliphatic heterocycles. The van der Waals surface area contributed by atoms with E-state index in [-0.39, 0.29) is 5.60 Å². The summed E-state index contributed by atoms with van der Waals surface area (Å²) in [4.78, 5) is 0. The molecule has 0 aromatic heterocycles. The van der Waals surface area contributed by atoms with Crippen molar-refractivity contribution in [2.24, 2.45) is 11.7 Å². The van der Waals surface area contributed by atoms with Crippen LogP contribution in [0.15, 0.2) is 0 Å². The van der Waals surface area contributed by atoms with E-state index in [9.17, 15) is 0 Å². The van der Waals surface area contributed by atoms with E-state index >= 15 is 0 Å². The molecule has 1 saturated heterocycles. The van der Waals surface area contributed by atoms with Gasteiger partial charge in [-0.1, -0.05) is 0 Å². The van der Waals surface area contributed by atoms with Crippen LogP contribution in [0.25, 0.3) is 0 Å². The molecule has 2 N–H and O–H groups in total. The van der Waals surface area contributed by atoms with Crippen LogP contribution in [0, 0.1) is 5.92 Å². The summed E-state index contributed by atoms with van der Waals surface area (Å²) in [5, 5.41) is 0. The van der Waals surface area contributed by atoms with E-state index in [4.69, 9.17) is 10.5 Å². The van der Waals surface area contributed by atoms with Crippen molar-refractivity contribution in [3.05, 3.63) is 0 Å². The van der Waals surface area contributed by atoms with Crippen LogP contribution in [-0.4, -0.2) is 18.8 Å². The van der Waals surface area contributed by atoms with Crippen LogP contribution in [0.1, 0.15) is 20.3 Å². The standard InChI is InChI=1S/C7H15NO/c1-7(2)3-6(4-8)5-9-7/h6H,3-5,8H2,1-2H3/t6-/m0/s1. The Labute approximate surface area is 56.4 Å². The Balaban J connectivity index is 2.38. The predicted molar refractivity (Wildman–Crippen MR) is 37.2 cm³/mol. The van der Waals surface area contributed by atoms with E-state index in [1.165, 1.54) is 0 Å². The lowest BCUT2D eigenvalue weighted by atomic mass is 9.98. The Kier molecular flexibility index (Phi) is 1.78. The highest BCUT2D eigenvalue weighted by Gasteiger charge is 2.30. The van der Waals surface area contributed by atoms with Crippen LogP contribution < -0.4 is 5.73 Å². The van der Waals surface area contributed by atoms with E-state index < -0.39 is 0 Å². The third-order valence-corrected chi connectivity index (χ3v) is 1.82. The molecular weight excluding hydrogens is 114 g/mol. The quantitative estimate of drug-likeness (QED) is 0.567. The maximum absolute atomic E-state index is 5.47. The van der Waals surface area contributed by atoms with Gasteiger partial charge in [-0.2, -0.15) is 0 Å². The van der Waals surface area contributed by atoms with Gasteiger partial charge in [0.2, 0.25) is 0 Å². The third-order valence-electron chi connectivity index (χ3n) is 1.82. The highest BCUT2D eigenvalue weighted by molar-refractivity contribution is 4.80. The van der Waals surface area contributed by atoms with Crippen molar-refractivity contribution in [1.29, 1.82) is 0 Å². The van der Waals surface area contributed by atoms with Gasteiger partial charge in [-0.25, -0.2) is 0 Å². The van der Waals surface area contributed by atoms with E-state index in [0.29, 0.717) is 5.92 Å². The van der Waals surface area contributed by atoms with Gasteiger partial charge >= 0.3 is 0 Å². The molecule has 1 aliphatic rings. The van der Waals surface area contributed by atoms with Gasteiger partial charge in [-0.15, -0.1) is 0 Å². The number of hydrogen-bond donors (Lipinski definition) is 1. The molecule has 0 aromatic carbocycles. The maximum atomic E-state index is 5.47. The van der Waals surface area contributed by atoms with Crippen LogP contribution >= 0.6 is 0 Å². The monoisotopic (exact) mass is 129 g/mol. The molecule has 0 aromatic rings. The maximum Gasteiger partial charge on any atom is 0.0630 e. The Morgan fingerprint density at radius 2 is 2.33 bits per heavy atom. The normalized spacial score (nSPS) is 33.0. The Morgan fingerprint density at radius 3 is 2.56 bits per heavy atom. The fraction of sp³-hybridized carbons (Fsp3) is 1.00. The van der Waals surface area contributed by atoms with Crippen LogP contribution in [0.5, 0.6) is 0 Å². The van der Waals surface area contributed by atoms with Gasteiger partial charge < -0.3 is 10.5 Å². The topological polar surface area (TPSA) is 35.2 Å². The van der Waals surface area contributed by atoms with Gasteiger partial charge in [0.1, 0.15) is 0 Å². The number of rotatable bonds is 1. The minimum absolute atomic E-state index is 0.0873. The summed E-state index contributed by atoms with van der Waals surface area (Å²) in [6.07, 6.45) is 1.11. The Bertz CT molecular complexity index is 101. The van der Waals surface area contributed by atoms with E-state index in [1.54, 1.807) is 0 Å². The zero-order valence-electron chi connectivity index (χ0n) is 6.18. The van der Waals surface area contributed by atoms with E-state index in [0.717, 1.165) is 19.6 Å². The van der Waals surface area contributed by atoms with Crippen LogP contribution in [-0.2, 0) is 4.74 Å². The molecule has 1 rings (SSSR count). The Morgan fingerprint density at radius 1 is 1.67 bits per heavy atom. The molecule has 54 valence electrons. The summed E-state index contributed by atoms with van der Waals surface area (Å²) in [5.74, 6) is 0.597. The molecule has 1 heterocycles. The second-order valence-corrected chi connectivity index (χ2v) is 3.38. The van der Waals surface area contributed by atoms with Crippen molar-refractivity contribution in [3.63, 3.8) is 0 Å². The molecule has 0 radical (unpaired) electrons. The third kappa shape index (κ3) is 1.66. The lowest BCUT2D eigenvalue weighted by molar-refractivity contribution is 0.0352.